The number of aryl methyl sites for hydroxylation is 1. The van der Waals surface area contributed by atoms with Crippen LogP contribution in [-0.2, 0) is 16.0 Å². The molecule has 0 radical (unpaired) electrons. The van der Waals surface area contributed by atoms with E-state index in [0.717, 1.165) is 29.7 Å². The third-order valence-electron chi connectivity index (χ3n) is 4.73. The number of carbonyl (C=O) groups is 2. The summed E-state index contributed by atoms with van der Waals surface area (Å²) in [6.45, 7) is 1.58. The van der Waals surface area contributed by atoms with E-state index in [1.165, 1.54) is 17.3 Å². The molecule has 142 valence electrons. The van der Waals surface area contributed by atoms with Crippen LogP contribution in [0.5, 0.6) is 0 Å². The maximum Gasteiger partial charge on any atom is 0.340 e. The molecule has 0 saturated heterocycles. The zero-order chi connectivity index (χ0) is 19.4. The molecule has 1 aliphatic carbocycles. The Bertz CT molecular complexity index is 855. The predicted octanol–water partition coefficient (Wildman–Crippen LogP) is 4.80. The zero-order valence-corrected chi connectivity index (χ0v) is 16.9. The summed E-state index contributed by atoms with van der Waals surface area (Å²) in [5.41, 5.74) is 2.68. The Morgan fingerprint density at radius 2 is 2.04 bits per heavy atom. The minimum atomic E-state index is -0.902. The van der Waals surface area contributed by atoms with Crippen LogP contribution in [0, 0.1) is 0 Å². The molecule has 1 N–H and O–H groups in total. The van der Waals surface area contributed by atoms with Crippen molar-refractivity contribution >= 4 is 35.2 Å². The maximum absolute atomic E-state index is 12.6. The molecule has 0 spiro atoms. The number of rotatable bonds is 5. The van der Waals surface area contributed by atoms with Gasteiger partial charge < -0.3 is 10.1 Å². The number of ether oxygens (including phenoxy) is 1. The van der Waals surface area contributed by atoms with E-state index in [2.05, 4.69) is 11.4 Å². The lowest BCUT2D eigenvalue weighted by atomic mass is 9.87. The van der Waals surface area contributed by atoms with Crippen LogP contribution in [0.25, 0.3) is 0 Å². The van der Waals surface area contributed by atoms with Gasteiger partial charge in [0.1, 0.15) is 0 Å². The summed E-state index contributed by atoms with van der Waals surface area (Å²) >= 11 is 7.62. The maximum atomic E-state index is 12.6. The van der Waals surface area contributed by atoms with Gasteiger partial charge in [-0.05, 0) is 61.8 Å². The first-order valence-electron chi connectivity index (χ1n) is 8.92. The zero-order valence-electron chi connectivity index (χ0n) is 15.3. The minimum absolute atomic E-state index is 0.0491. The predicted molar refractivity (Wildman–Crippen MR) is 108 cm³/mol. The standard InChI is InChI=1S/C21H22ClNO3S/c1-13(26-21(25)17-12-15(27-2)10-11-18(17)22)20(24)23-19-9-5-7-14-6-3-4-8-16(14)19/h3-4,6,8,10-13,19H,5,7,9H2,1-2H3,(H,23,24)/t13-,19+/m0/s1. The van der Waals surface area contributed by atoms with Gasteiger partial charge in [0, 0.05) is 4.90 Å². The van der Waals surface area contributed by atoms with Crippen LogP contribution < -0.4 is 5.32 Å². The molecule has 1 aliphatic rings. The summed E-state index contributed by atoms with van der Waals surface area (Å²) in [7, 11) is 0. The molecule has 27 heavy (non-hydrogen) atoms. The second-order valence-corrected chi connectivity index (χ2v) is 7.83. The topological polar surface area (TPSA) is 55.4 Å². The molecule has 0 fully saturated rings. The molecule has 2 aromatic rings. The fourth-order valence-electron chi connectivity index (χ4n) is 3.26. The SMILES string of the molecule is CSc1ccc(Cl)c(C(=O)O[C@@H](C)C(=O)N[C@@H]2CCCc3ccccc32)c1. The Balaban J connectivity index is 1.66. The second kappa shape index (κ2) is 8.81. The van der Waals surface area contributed by atoms with Crippen LogP contribution in [0.2, 0.25) is 5.02 Å². The summed E-state index contributed by atoms with van der Waals surface area (Å²) in [6, 6.07) is 13.3. The Labute approximate surface area is 168 Å². The van der Waals surface area contributed by atoms with E-state index < -0.39 is 12.1 Å². The molecule has 4 nitrogen and oxygen atoms in total. The molecular formula is C21H22ClNO3S. The van der Waals surface area contributed by atoms with E-state index in [9.17, 15) is 9.59 Å². The summed E-state index contributed by atoms with van der Waals surface area (Å²) < 4.78 is 5.36. The van der Waals surface area contributed by atoms with E-state index in [1.54, 1.807) is 19.1 Å². The first-order chi connectivity index (χ1) is 13.0. The highest BCUT2D eigenvalue weighted by Gasteiger charge is 2.26. The molecule has 0 heterocycles. The lowest BCUT2D eigenvalue weighted by Gasteiger charge is -2.27. The largest absolute Gasteiger partial charge is 0.449 e. The molecule has 2 atom stereocenters. The van der Waals surface area contributed by atoms with Gasteiger partial charge in [-0.3, -0.25) is 4.79 Å². The van der Waals surface area contributed by atoms with Crippen LogP contribution >= 0.6 is 23.4 Å². The Morgan fingerprint density at radius 1 is 1.26 bits per heavy atom. The van der Waals surface area contributed by atoms with Crippen molar-refractivity contribution in [2.45, 2.75) is 43.2 Å². The quantitative estimate of drug-likeness (QED) is 0.575. The fraction of sp³-hybridized carbons (Fsp3) is 0.333. The third kappa shape index (κ3) is 4.66. The lowest BCUT2D eigenvalue weighted by Crippen LogP contribution is -2.39. The monoisotopic (exact) mass is 403 g/mol. The molecule has 0 aromatic heterocycles. The van der Waals surface area contributed by atoms with Gasteiger partial charge in [-0.2, -0.15) is 0 Å². The highest BCUT2D eigenvalue weighted by atomic mass is 35.5. The van der Waals surface area contributed by atoms with E-state index in [-0.39, 0.29) is 17.5 Å². The summed E-state index contributed by atoms with van der Waals surface area (Å²) in [5, 5.41) is 3.33. The second-order valence-electron chi connectivity index (χ2n) is 6.55. The van der Waals surface area contributed by atoms with Crippen molar-refractivity contribution in [3.63, 3.8) is 0 Å². The van der Waals surface area contributed by atoms with Crippen LogP contribution in [0.1, 0.15) is 47.3 Å². The molecular weight excluding hydrogens is 382 g/mol. The first kappa shape index (κ1) is 19.8. The number of hydrogen-bond acceptors (Lipinski definition) is 4. The summed E-state index contributed by atoms with van der Waals surface area (Å²) in [5.74, 6) is -0.898. The van der Waals surface area contributed by atoms with E-state index >= 15 is 0 Å². The van der Waals surface area contributed by atoms with Crippen molar-refractivity contribution in [2.75, 3.05) is 6.26 Å². The van der Waals surface area contributed by atoms with Gasteiger partial charge in [-0.15, -0.1) is 11.8 Å². The van der Waals surface area contributed by atoms with Crippen molar-refractivity contribution < 1.29 is 14.3 Å². The van der Waals surface area contributed by atoms with Gasteiger partial charge in [-0.1, -0.05) is 35.9 Å². The van der Waals surface area contributed by atoms with Crippen LogP contribution in [-0.4, -0.2) is 24.2 Å². The van der Waals surface area contributed by atoms with Crippen molar-refractivity contribution in [3.8, 4) is 0 Å². The number of fused-ring (bicyclic) bond motifs is 1. The number of hydrogen-bond donors (Lipinski definition) is 1. The van der Waals surface area contributed by atoms with Crippen molar-refractivity contribution in [2.24, 2.45) is 0 Å². The van der Waals surface area contributed by atoms with Gasteiger partial charge in [0.15, 0.2) is 6.10 Å². The molecule has 0 unspecified atom stereocenters. The number of benzene rings is 2. The number of esters is 1. The highest BCUT2D eigenvalue weighted by molar-refractivity contribution is 7.98. The minimum Gasteiger partial charge on any atom is -0.449 e. The molecule has 0 aliphatic heterocycles. The molecule has 6 heteroatoms. The van der Waals surface area contributed by atoms with Crippen LogP contribution in [0.15, 0.2) is 47.4 Å². The summed E-state index contributed by atoms with van der Waals surface area (Å²) in [6.07, 6.45) is 3.94. The number of carbonyl (C=O) groups excluding carboxylic acids is 2. The van der Waals surface area contributed by atoms with E-state index in [0.29, 0.717) is 5.02 Å². The Kier molecular flexibility index (Phi) is 6.45. The molecule has 0 bridgehead atoms. The van der Waals surface area contributed by atoms with Gasteiger partial charge in [0.2, 0.25) is 0 Å². The fourth-order valence-corrected chi connectivity index (χ4v) is 3.89. The van der Waals surface area contributed by atoms with Gasteiger partial charge in [-0.25, -0.2) is 4.79 Å². The Hall–Kier alpha value is -1.98. The van der Waals surface area contributed by atoms with Crippen molar-refractivity contribution in [1.82, 2.24) is 5.32 Å². The normalized spacial score (nSPS) is 16.9. The molecule has 1 amide bonds. The average Bonchev–Trinajstić information content (AvgIpc) is 2.68. The molecule has 0 saturated carbocycles. The Morgan fingerprint density at radius 3 is 2.81 bits per heavy atom. The van der Waals surface area contributed by atoms with Crippen molar-refractivity contribution in [3.05, 3.63) is 64.2 Å². The van der Waals surface area contributed by atoms with Gasteiger partial charge in [0.05, 0.1) is 16.6 Å². The van der Waals surface area contributed by atoms with Crippen LogP contribution in [0.4, 0.5) is 0 Å². The smallest absolute Gasteiger partial charge is 0.340 e. The average molecular weight is 404 g/mol. The van der Waals surface area contributed by atoms with Gasteiger partial charge >= 0.3 is 5.97 Å². The van der Waals surface area contributed by atoms with Crippen LogP contribution in [0.3, 0.4) is 0 Å². The van der Waals surface area contributed by atoms with E-state index in [4.69, 9.17) is 16.3 Å². The number of halogens is 1. The lowest BCUT2D eigenvalue weighted by molar-refractivity contribution is -0.130. The van der Waals surface area contributed by atoms with E-state index in [1.807, 2.05) is 30.5 Å². The number of amides is 1. The summed E-state index contributed by atoms with van der Waals surface area (Å²) in [4.78, 5) is 25.9. The molecule has 3 rings (SSSR count). The number of thioether (sulfide) groups is 1. The number of nitrogens with one attached hydrogen (secondary N) is 1. The highest BCUT2D eigenvalue weighted by Crippen LogP contribution is 2.29. The van der Waals surface area contributed by atoms with Gasteiger partial charge in [0.25, 0.3) is 5.91 Å². The third-order valence-corrected chi connectivity index (χ3v) is 5.79. The molecule has 2 aromatic carbocycles. The van der Waals surface area contributed by atoms with Crippen molar-refractivity contribution in [1.29, 1.82) is 0 Å². The first-order valence-corrected chi connectivity index (χ1v) is 10.5.